The Labute approximate surface area is 218 Å². The van der Waals surface area contributed by atoms with E-state index in [4.69, 9.17) is 15.2 Å². The number of benzene rings is 3. The highest BCUT2D eigenvalue weighted by atomic mass is 16.5. The number of hydrogen-bond acceptors (Lipinski definition) is 6. The van der Waals surface area contributed by atoms with E-state index in [0.717, 1.165) is 22.5 Å². The molecule has 0 aliphatic carbocycles. The van der Waals surface area contributed by atoms with Crippen LogP contribution in [-0.4, -0.2) is 44.9 Å². The van der Waals surface area contributed by atoms with Crippen molar-refractivity contribution in [2.75, 3.05) is 32.7 Å². The van der Waals surface area contributed by atoms with E-state index in [1.807, 2.05) is 49.5 Å². The van der Waals surface area contributed by atoms with Gasteiger partial charge in [0.25, 0.3) is 6.47 Å². The van der Waals surface area contributed by atoms with E-state index in [-0.39, 0.29) is 12.0 Å². The molecule has 196 valence electrons. The highest BCUT2D eigenvalue weighted by molar-refractivity contribution is 5.85. The van der Waals surface area contributed by atoms with Crippen LogP contribution in [0.5, 0.6) is 5.75 Å². The summed E-state index contributed by atoms with van der Waals surface area (Å²) in [4.78, 5) is 13.1. The van der Waals surface area contributed by atoms with E-state index in [9.17, 15) is 4.79 Å². The second kappa shape index (κ2) is 14.1. The van der Waals surface area contributed by atoms with Gasteiger partial charge in [0.2, 0.25) is 0 Å². The van der Waals surface area contributed by atoms with Gasteiger partial charge in [-0.25, -0.2) is 0 Å². The summed E-state index contributed by atoms with van der Waals surface area (Å²) in [5.74, 6) is 0.936. The fourth-order valence-electron chi connectivity index (χ4n) is 4.42. The first-order valence-corrected chi connectivity index (χ1v) is 12.3. The zero-order valence-electron chi connectivity index (χ0n) is 22.0. The Hall–Kier alpha value is -3.81. The third-order valence-electron chi connectivity index (χ3n) is 6.24. The Balaban J connectivity index is 0.000000319. The molecule has 0 aliphatic rings. The molecule has 1 heterocycles. The highest BCUT2D eigenvalue weighted by Gasteiger charge is 2.24. The smallest absolute Gasteiger partial charge is 0.293 e. The van der Waals surface area contributed by atoms with Crippen LogP contribution < -0.4 is 15.8 Å². The fourth-order valence-corrected chi connectivity index (χ4v) is 4.42. The molecule has 0 bridgehead atoms. The maximum Gasteiger partial charge on any atom is 0.293 e. The van der Waals surface area contributed by atoms with E-state index >= 15 is 0 Å². The van der Waals surface area contributed by atoms with Gasteiger partial charge in [-0.3, -0.25) is 4.79 Å². The van der Waals surface area contributed by atoms with Crippen molar-refractivity contribution in [2.24, 2.45) is 5.73 Å². The second-order valence-corrected chi connectivity index (χ2v) is 8.79. The standard InChI is InChI=1S/C22H29N3O2.C8H8O2/c1-14-17(6-5-7-20(14)24-3)22(15(2)23)19-13-25-21-12-16(8-9-18(19)21)27-11-10-26-4;9-7-10-6-8-4-2-1-3-5-8/h5-9,12-13,15,22,24-25H,10-11,23H2,1-4H3;1-5,7H,6H2. The molecule has 0 aliphatic heterocycles. The number of nitrogens with two attached hydrogens (primary N) is 1. The van der Waals surface area contributed by atoms with Gasteiger partial charge in [-0.15, -0.1) is 0 Å². The maximum absolute atomic E-state index is 9.76. The van der Waals surface area contributed by atoms with Crippen LogP contribution in [0.2, 0.25) is 0 Å². The Morgan fingerprint density at radius 2 is 1.81 bits per heavy atom. The summed E-state index contributed by atoms with van der Waals surface area (Å²) >= 11 is 0. The summed E-state index contributed by atoms with van der Waals surface area (Å²) in [6, 6.07) is 22.0. The molecule has 4 N–H and O–H groups in total. The van der Waals surface area contributed by atoms with Crippen LogP contribution in [0.1, 0.15) is 35.1 Å². The molecule has 0 radical (unpaired) electrons. The molecule has 0 amide bonds. The van der Waals surface area contributed by atoms with Crippen molar-refractivity contribution in [2.45, 2.75) is 32.4 Å². The van der Waals surface area contributed by atoms with E-state index < -0.39 is 0 Å². The van der Waals surface area contributed by atoms with Gasteiger partial charge in [0.05, 0.1) is 6.61 Å². The minimum absolute atomic E-state index is 0.0209. The van der Waals surface area contributed by atoms with Crippen molar-refractivity contribution < 1.29 is 19.0 Å². The summed E-state index contributed by atoms with van der Waals surface area (Å²) < 4.78 is 15.3. The van der Waals surface area contributed by atoms with Gasteiger partial charge < -0.3 is 30.2 Å². The first-order valence-electron chi connectivity index (χ1n) is 12.3. The predicted octanol–water partition coefficient (Wildman–Crippen LogP) is 5.38. The molecule has 0 spiro atoms. The molecule has 0 saturated heterocycles. The van der Waals surface area contributed by atoms with E-state index in [1.165, 1.54) is 22.1 Å². The molecule has 3 aromatic carbocycles. The summed E-state index contributed by atoms with van der Waals surface area (Å²) in [6.45, 7) is 6.14. The van der Waals surface area contributed by atoms with Crippen molar-refractivity contribution in [3.8, 4) is 5.75 Å². The number of methoxy groups -OCH3 is 1. The number of ether oxygens (including phenoxy) is 3. The Bertz CT molecular complexity index is 1250. The number of nitrogens with one attached hydrogen (secondary N) is 2. The van der Waals surface area contributed by atoms with Crippen LogP contribution >= 0.6 is 0 Å². The zero-order chi connectivity index (χ0) is 26.6. The molecule has 0 fully saturated rings. The molecule has 7 nitrogen and oxygen atoms in total. The van der Waals surface area contributed by atoms with Gasteiger partial charge in [-0.05, 0) is 54.3 Å². The van der Waals surface area contributed by atoms with E-state index in [1.54, 1.807) is 7.11 Å². The largest absolute Gasteiger partial charge is 0.491 e. The van der Waals surface area contributed by atoms with Gasteiger partial charge in [0, 0.05) is 55.0 Å². The quantitative estimate of drug-likeness (QED) is 0.188. The number of carbonyl (C=O) groups excluding carboxylic acids is 1. The number of aromatic nitrogens is 1. The first kappa shape index (κ1) is 27.8. The van der Waals surface area contributed by atoms with Crippen molar-refractivity contribution >= 4 is 23.1 Å². The molecule has 0 saturated carbocycles. The lowest BCUT2D eigenvalue weighted by molar-refractivity contribution is -0.129. The van der Waals surface area contributed by atoms with E-state index in [0.29, 0.717) is 26.3 Å². The SMILES string of the molecule is CNc1cccc(C(c2c[nH]c3cc(OCCOC)ccc23)C(C)N)c1C.O=COCc1ccccc1. The van der Waals surface area contributed by atoms with Crippen LogP contribution in [0.25, 0.3) is 10.9 Å². The third-order valence-corrected chi connectivity index (χ3v) is 6.24. The Morgan fingerprint density at radius 1 is 1.03 bits per heavy atom. The second-order valence-electron chi connectivity index (χ2n) is 8.79. The molecule has 7 heteroatoms. The molecule has 37 heavy (non-hydrogen) atoms. The highest BCUT2D eigenvalue weighted by Crippen LogP contribution is 2.37. The average molecular weight is 504 g/mol. The molecular formula is C30H37N3O4. The first-order chi connectivity index (χ1) is 18.0. The normalized spacial score (nSPS) is 12.2. The molecule has 2 unspecified atom stereocenters. The van der Waals surface area contributed by atoms with Crippen LogP contribution in [0.15, 0.2) is 72.9 Å². The van der Waals surface area contributed by atoms with Crippen molar-refractivity contribution in [3.05, 3.63) is 95.2 Å². The number of H-pyrrole nitrogens is 1. The van der Waals surface area contributed by atoms with Crippen LogP contribution in [0.3, 0.4) is 0 Å². The third kappa shape index (κ3) is 7.35. The molecule has 1 aromatic heterocycles. The lowest BCUT2D eigenvalue weighted by Gasteiger charge is -2.24. The summed E-state index contributed by atoms with van der Waals surface area (Å²) in [5.41, 5.74) is 13.3. The van der Waals surface area contributed by atoms with Crippen molar-refractivity contribution in [1.29, 1.82) is 0 Å². The van der Waals surface area contributed by atoms with E-state index in [2.05, 4.69) is 59.3 Å². The molecule has 4 rings (SSSR count). The predicted molar refractivity (Wildman–Crippen MR) is 149 cm³/mol. The van der Waals surface area contributed by atoms with Crippen LogP contribution in [0, 0.1) is 6.92 Å². The Morgan fingerprint density at radius 3 is 2.49 bits per heavy atom. The summed E-state index contributed by atoms with van der Waals surface area (Å²) in [5, 5.41) is 4.44. The lowest BCUT2D eigenvalue weighted by atomic mass is 9.83. The lowest BCUT2D eigenvalue weighted by Crippen LogP contribution is -2.26. The molecular weight excluding hydrogens is 466 g/mol. The van der Waals surface area contributed by atoms with Gasteiger partial charge in [0.1, 0.15) is 19.0 Å². The number of rotatable bonds is 11. The Kier molecular flexibility index (Phi) is 10.6. The minimum atomic E-state index is -0.0209. The van der Waals surface area contributed by atoms with Crippen LogP contribution in [0.4, 0.5) is 5.69 Å². The summed E-state index contributed by atoms with van der Waals surface area (Å²) in [7, 11) is 3.62. The van der Waals surface area contributed by atoms with Crippen molar-refractivity contribution in [3.63, 3.8) is 0 Å². The minimum Gasteiger partial charge on any atom is -0.491 e. The number of aromatic amines is 1. The van der Waals surface area contributed by atoms with Gasteiger partial charge in [0.15, 0.2) is 0 Å². The van der Waals surface area contributed by atoms with Gasteiger partial charge >= 0.3 is 0 Å². The number of anilines is 1. The topological polar surface area (TPSA) is 98.6 Å². The zero-order valence-corrected chi connectivity index (χ0v) is 22.0. The maximum atomic E-state index is 9.76. The fraction of sp³-hybridized carbons (Fsp3) is 0.300. The van der Waals surface area contributed by atoms with Gasteiger partial charge in [-0.2, -0.15) is 0 Å². The van der Waals surface area contributed by atoms with Crippen molar-refractivity contribution in [1.82, 2.24) is 4.98 Å². The summed E-state index contributed by atoms with van der Waals surface area (Å²) in [6.07, 6.45) is 2.07. The number of carbonyl (C=O) groups is 1. The van der Waals surface area contributed by atoms with Crippen LogP contribution in [-0.2, 0) is 20.9 Å². The number of hydrogen-bond donors (Lipinski definition) is 3. The molecule has 2 atom stereocenters. The average Bonchev–Trinajstić information content (AvgIpc) is 3.32. The number of fused-ring (bicyclic) bond motifs is 1. The monoisotopic (exact) mass is 503 g/mol. The van der Waals surface area contributed by atoms with Gasteiger partial charge in [-0.1, -0.05) is 42.5 Å². The molecule has 4 aromatic rings.